The van der Waals surface area contributed by atoms with Crippen LogP contribution >= 0.6 is 11.8 Å². The Morgan fingerprint density at radius 3 is 3.00 bits per heavy atom. The molecule has 0 N–H and O–H groups in total. The summed E-state index contributed by atoms with van der Waals surface area (Å²) in [5.41, 5.74) is 0. The van der Waals surface area contributed by atoms with Crippen molar-refractivity contribution in [2.45, 2.75) is 43.9 Å². The molecular weight excluding hydrogens is 180 g/mol. The van der Waals surface area contributed by atoms with Crippen molar-refractivity contribution in [2.75, 3.05) is 13.6 Å². The summed E-state index contributed by atoms with van der Waals surface area (Å²) in [6.45, 7) is 3.57. The van der Waals surface area contributed by atoms with Gasteiger partial charge in [-0.2, -0.15) is 0 Å². The van der Waals surface area contributed by atoms with E-state index < -0.39 is 0 Å². The van der Waals surface area contributed by atoms with Crippen LogP contribution in [-0.2, 0) is 0 Å². The topological polar surface area (TPSA) is 15.6 Å². The van der Waals surface area contributed by atoms with Gasteiger partial charge in [-0.25, -0.2) is 0 Å². The molecule has 13 heavy (non-hydrogen) atoms. The first-order valence-corrected chi connectivity index (χ1v) is 6.11. The van der Waals surface area contributed by atoms with Crippen LogP contribution in [-0.4, -0.2) is 35.0 Å². The third-order valence-electron chi connectivity index (χ3n) is 3.07. The Kier molecular flexibility index (Phi) is 2.82. The SMILES string of the molecule is CN=C1SC(C)[C@H]2CCCCCN12. The molecule has 3 heteroatoms. The normalized spacial score (nSPS) is 37.7. The predicted molar refractivity (Wildman–Crippen MR) is 59.4 cm³/mol. The zero-order chi connectivity index (χ0) is 9.26. The third kappa shape index (κ3) is 1.71. The summed E-state index contributed by atoms with van der Waals surface area (Å²) in [6, 6.07) is 0.770. The quantitative estimate of drug-likeness (QED) is 0.594. The first-order chi connectivity index (χ1) is 6.33. The van der Waals surface area contributed by atoms with Crippen molar-refractivity contribution in [1.29, 1.82) is 0 Å². The highest BCUT2D eigenvalue weighted by molar-refractivity contribution is 8.14. The first kappa shape index (κ1) is 9.38. The minimum atomic E-state index is 0.747. The maximum Gasteiger partial charge on any atom is 0.159 e. The van der Waals surface area contributed by atoms with E-state index in [0.29, 0.717) is 0 Å². The van der Waals surface area contributed by atoms with E-state index in [1.165, 1.54) is 37.4 Å². The molecule has 0 radical (unpaired) electrons. The lowest BCUT2D eigenvalue weighted by Crippen LogP contribution is -2.35. The molecular formula is C10H18N2S. The Hall–Kier alpha value is -0.180. The van der Waals surface area contributed by atoms with Crippen molar-refractivity contribution >= 4 is 16.9 Å². The second kappa shape index (κ2) is 3.91. The Morgan fingerprint density at radius 1 is 1.38 bits per heavy atom. The Labute approximate surface area is 84.8 Å². The second-order valence-electron chi connectivity index (χ2n) is 3.94. The van der Waals surface area contributed by atoms with Crippen molar-refractivity contribution in [3.8, 4) is 0 Å². The van der Waals surface area contributed by atoms with Crippen LogP contribution in [0.4, 0.5) is 0 Å². The van der Waals surface area contributed by atoms with Crippen LogP contribution in [0, 0.1) is 0 Å². The van der Waals surface area contributed by atoms with Gasteiger partial charge in [0, 0.05) is 24.9 Å². The van der Waals surface area contributed by atoms with Crippen LogP contribution in [0.25, 0.3) is 0 Å². The zero-order valence-electron chi connectivity index (χ0n) is 8.49. The van der Waals surface area contributed by atoms with E-state index in [9.17, 15) is 0 Å². The van der Waals surface area contributed by atoms with Gasteiger partial charge in [0.25, 0.3) is 0 Å². The molecule has 2 aliphatic heterocycles. The fourth-order valence-electron chi connectivity index (χ4n) is 2.35. The number of hydrogen-bond acceptors (Lipinski definition) is 2. The molecule has 0 aromatic carbocycles. The van der Waals surface area contributed by atoms with Crippen molar-refractivity contribution in [1.82, 2.24) is 4.90 Å². The molecule has 0 amide bonds. The van der Waals surface area contributed by atoms with Crippen LogP contribution in [0.1, 0.15) is 32.6 Å². The number of amidine groups is 1. The van der Waals surface area contributed by atoms with Crippen LogP contribution in [0.3, 0.4) is 0 Å². The summed E-state index contributed by atoms with van der Waals surface area (Å²) in [5, 5.41) is 2.02. The Balaban J connectivity index is 2.15. The highest BCUT2D eigenvalue weighted by atomic mass is 32.2. The Morgan fingerprint density at radius 2 is 2.23 bits per heavy atom. The van der Waals surface area contributed by atoms with Crippen molar-refractivity contribution < 1.29 is 0 Å². The molecule has 2 atom stereocenters. The molecule has 0 aromatic heterocycles. The molecule has 0 aliphatic carbocycles. The van der Waals surface area contributed by atoms with E-state index >= 15 is 0 Å². The number of hydrogen-bond donors (Lipinski definition) is 0. The summed E-state index contributed by atoms with van der Waals surface area (Å²) >= 11 is 1.96. The highest BCUT2D eigenvalue weighted by Crippen LogP contribution is 2.35. The highest BCUT2D eigenvalue weighted by Gasteiger charge is 2.36. The molecule has 2 heterocycles. The summed E-state index contributed by atoms with van der Waals surface area (Å²) in [5.74, 6) is 0. The van der Waals surface area contributed by atoms with Gasteiger partial charge in [-0.3, -0.25) is 4.99 Å². The second-order valence-corrected chi connectivity index (χ2v) is 5.28. The van der Waals surface area contributed by atoms with Crippen molar-refractivity contribution in [3.63, 3.8) is 0 Å². The van der Waals surface area contributed by atoms with E-state index in [0.717, 1.165) is 11.3 Å². The van der Waals surface area contributed by atoms with E-state index in [4.69, 9.17) is 0 Å². The number of fused-ring (bicyclic) bond motifs is 1. The van der Waals surface area contributed by atoms with Gasteiger partial charge in [0.15, 0.2) is 5.17 Å². The molecule has 2 nitrogen and oxygen atoms in total. The fraction of sp³-hybridized carbons (Fsp3) is 0.900. The maximum atomic E-state index is 4.37. The van der Waals surface area contributed by atoms with Gasteiger partial charge < -0.3 is 4.90 Å². The summed E-state index contributed by atoms with van der Waals surface area (Å²) in [4.78, 5) is 6.90. The number of aliphatic imine (C=N–C) groups is 1. The van der Waals surface area contributed by atoms with Gasteiger partial charge in [0.2, 0.25) is 0 Å². The molecule has 2 rings (SSSR count). The largest absolute Gasteiger partial charge is 0.347 e. The monoisotopic (exact) mass is 198 g/mol. The number of thioether (sulfide) groups is 1. The lowest BCUT2D eigenvalue weighted by Gasteiger charge is -2.24. The predicted octanol–water partition coefficient (Wildman–Crippen LogP) is 2.35. The van der Waals surface area contributed by atoms with Gasteiger partial charge in [0.05, 0.1) is 0 Å². The number of nitrogens with zero attached hydrogens (tertiary/aromatic N) is 2. The van der Waals surface area contributed by atoms with E-state index in [1.807, 2.05) is 18.8 Å². The molecule has 1 unspecified atom stereocenters. The summed E-state index contributed by atoms with van der Waals surface area (Å²) < 4.78 is 0. The van der Waals surface area contributed by atoms with Gasteiger partial charge in [-0.05, 0) is 12.8 Å². The van der Waals surface area contributed by atoms with Crippen LogP contribution in [0.2, 0.25) is 0 Å². The molecule has 2 aliphatic rings. The lowest BCUT2D eigenvalue weighted by molar-refractivity contribution is 0.330. The average molecular weight is 198 g/mol. The zero-order valence-corrected chi connectivity index (χ0v) is 9.31. The summed E-state index contributed by atoms with van der Waals surface area (Å²) in [7, 11) is 1.92. The van der Waals surface area contributed by atoms with Gasteiger partial charge in [-0.15, -0.1) is 0 Å². The first-order valence-electron chi connectivity index (χ1n) is 5.23. The number of rotatable bonds is 0. The molecule has 0 aromatic rings. The minimum absolute atomic E-state index is 0.747. The molecule has 74 valence electrons. The van der Waals surface area contributed by atoms with Crippen molar-refractivity contribution in [2.24, 2.45) is 4.99 Å². The van der Waals surface area contributed by atoms with E-state index in [2.05, 4.69) is 16.8 Å². The fourth-order valence-corrected chi connectivity index (χ4v) is 3.59. The maximum absolute atomic E-state index is 4.37. The minimum Gasteiger partial charge on any atom is -0.347 e. The Bertz CT molecular complexity index is 215. The van der Waals surface area contributed by atoms with E-state index in [-0.39, 0.29) is 0 Å². The van der Waals surface area contributed by atoms with Crippen LogP contribution in [0.15, 0.2) is 4.99 Å². The smallest absolute Gasteiger partial charge is 0.159 e. The molecule has 0 saturated carbocycles. The average Bonchev–Trinajstić information content (AvgIpc) is 2.38. The molecule has 2 fully saturated rings. The van der Waals surface area contributed by atoms with Gasteiger partial charge in [-0.1, -0.05) is 31.5 Å². The van der Waals surface area contributed by atoms with Gasteiger partial charge in [0.1, 0.15) is 0 Å². The summed E-state index contributed by atoms with van der Waals surface area (Å²) in [6.07, 6.45) is 5.53. The van der Waals surface area contributed by atoms with Crippen LogP contribution in [0.5, 0.6) is 0 Å². The standard InChI is InChI=1S/C10H18N2S/c1-8-9-6-4-3-5-7-12(9)10(11-2)13-8/h8-9H,3-7H2,1-2H3/t8?,9-/m1/s1. The van der Waals surface area contributed by atoms with Crippen molar-refractivity contribution in [3.05, 3.63) is 0 Å². The lowest BCUT2D eigenvalue weighted by atomic mass is 10.1. The van der Waals surface area contributed by atoms with E-state index in [1.54, 1.807) is 0 Å². The van der Waals surface area contributed by atoms with Gasteiger partial charge >= 0.3 is 0 Å². The third-order valence-corrected chi connectivity index (χ3v) is 4.38. The van der Waals surface area contributed by atoms with Crippen LogP contribution < -0.4 is 0 Å². The molecule has 0 bridgehead atoms. The molecule has 2 saturated heterocycles. The molecule has 0 spiro atoms.